The number of ether oxygens (including phenoxy) is 2. The van der Waals surface area contributed by atoms with Crippen LogP contribution in [0.2, 0.25) is 0 Å². The SMILES string of the molecule is COC(=O)c1ccc(OCC2CCN(c3ccc(NC(C)=O)cc3)C2=O)cc1. The number of methoxy groups -OCH3 is 1. The van der Waals surface area contributed by atoms with Crippen molar-refractivity contribution in [2.24, 2.45) is 5.92 Å². The molecule has 0 spiro atoms. The van der Waals surface area contributed by atoms with Gasteiger partial charge in [-0.3, -0.25) is 9.59 Å². The molecule has 0 saturated carbocycles. The molecule has 28 heavy (non-hydrogen) atoms. The van der Waals surface area contributed by atoms with Crippen LogP contribution in [0.25, 0.3) is 0 Å². The summed E-state index contributed by atoms with van der Waals surface area (Å²) < 4.78 is 10.4. The van der Waals surface area contributed by atoms with Crippen LogP contribution in [0, 0.1) is 5.92 Å². The molecular formula is C21H22N2O5. The summed E-state index contributed by atoms with van der Waals surface area (Å²) in [5, 5.41) is 2.70. The van der Waals surface area contributed by atoms with Crippen molar-refractivity contribution in [2.45, 2.75) is 13.3 Å². The number of nitrogens with one attached hydrogen (secondary N) is 1. The van der Waals surface area contributed by atoms with Gasteiger partial charge in [-0.2, -0.15) is 0 Å². The maximum Gasteiger partial charge on any atom is 0.337 e. The average molecular weight is 382 g/mol. The van der Waals surface area contributed by atoms with E-state index in [-0.39, 0.29) is 24.3 Å². The highest BCUT2D eigenvalue weighted by Crippen LogP contribution is 2.27. The molecule has 0 bridgehead atoms. The third kappa shape index (κ3) is 4.49. The van der Waals surface area contributed by atoms with Crippen LogP contribution < -0.4 is 15.0 Å². The van der Waals surface area contributed by atoms with E-state index in [9.17, 15) is 14.4 Å². The molecule has 7 heteroatoms. The van der Waals surface area contributed by atoms with Crippen molar-refractivity contribution in [3.8, 4) is 5.75 Å². The fraction of sp³-hybridized carbons (Fsp3) is 0.286. The van der Waals surface area contributed by atoms with Crippen molar-refractivity contribution in [2.75, 3.05) is 30.5 Å². The second-order valence-electron chi connectivity index (χ2n) is 6.53. The Bertz CT molecular complexity index is 861. The van der Waals surface area contributed by atoms with E-state index in [4.69, 9.17) is 4.74 Å². The summed E-state index contributed by atoms with van der Waals surface area (Å²) in [5.41, 5.74) is 1.93. The molecule has 2 aromatic rings. The van der Waals surface area contributed by atoms with E-state index in [0.717, 1.165) is 5.69 Å². The summed E-state index contributed by atoms with van der Waals surface area (Å²) in [6, 6.07) is 13.8. The number of anilines is 2. The fourth-order valence-corrected chi connectivity index (χ4v) is 3.08. The van der Waals surface area contributed by atoms with Crippen molar-refractivity contribution in [3.05, 3.63) is 54.1 Å². The summed E-state index contributed by atoms with van der Waals surface area (Å²) in [4.78, 5) is 37.0. The molecule has 0 aliphatic carbocycles. The normalized spacial score (nSPS) is 16.0. The molecule has 1 aliphatic heterocycles. The maximum absolute atomic E-state index is 12.7. The molecule has 1 heterocycles. The van der Waals surface area contributed by atoms with Gasteiger partial charge in [-0.15, -0.1) is 0 Å². The second kappa shape index (κ2) is 8.56. The molecule has 0 aromatic heterocycles. The van der Waals surface area contributed by atoms with Crippen LogP contribution >= 0.6 is 0 Å². The van der Waals surface area contributed by atoms with Gasteiger partial charge in [0.1, 0.15) is 5.75 Å². The largest absolute Gasteiger partial charge is 0.493 e. The topological polar surface area (TPSA) is 84.9 Å². The van der Waals surface area contributed by atoms with Crippen molar-refractivity contribution >= 4 is 29.2 Å². The summed E-state index contributed by atoms with van der Waals surface area (Å²) in [5.74, 6) is -0.160. The Morgan fingerprint density at radius 1 is 1.11 bits per heavy atom. The number of esters is 1. The molecule has 2 aromatic carbocycles. The monoisotopic (exact) mass is 382 g/mol. The predicted molar refractivity (Wildman–Crippen MR) is 104 cm³/mol. The van der Waals surface area contributed by atoms with Crippen LogP contribution in [0.4, 0.5) is 11.4 Å². The Morgan fingerprint density at radius 2 is 1.79 bits per heavy atom. The quantitative estimate of drug-likeness (QED) is 0.777. The number of benzene rings is 2. The van der Waals surface area contributed by atoms with Crippen molar-refractivity contribution in [3.63, 3.8) is 0 Å². The number of hydrogen-bond acceptors (Lipinski definition) is 5. The Labute approximate surface area is 163 Å². The van der Waals surface area contributed by atoms with Gasteiger partial charge < -0.3 is 19.7 Å². The molecule has 146 valence electrons. The van der Waals surface area contributed by atoms with Crippen LogP contribution in [-0.4, -0.2) is 38.0 Å². The van der Waals surface area contributed by atoms with Crippen LogP contribution in [-0.2, 0) is 14.3 Å². The Balaban J connectivity index is 1.56. The van der Waals surface area contributed by atoms with Gasteiger partial charge in [-0.25, -0.2) is 4.79 Å². The zero-order valence-electron chi connectivity index (χ0n) is 15.8. The minimum Gasteiger partial charge on any atom is -0.493 e. The van der Waals surface area contributed by atoms with E-state index < -0.39 is 5.97 Å². The third-order valence-electron chi connectivity index (χ3n) is 4.54. The van der Waals surface area contributed by atoms with Crippen molar-refractivity contribution in [1.29, 1.82) is 0 Å². The zero-order valence-corrected chi connectivity index (χ0v) is 15.8. The van der Waals surface area contributed by atoms with E-state index in [1.54, 1.807) is 41.3 Å². The minimum absolute atomic E-state index is 0.0125. The number of nitrogens with zero attached hydrogens (tertiary/aromatic N) is 1. The second-order valence-corrected chi connectivity index (χ2v) is 6.53. The van der Waals surface area contributed by atoms with Gasteiger partial charge in [-0.05, 0) is 55.0 Å². The van der Waals surface area contributed by atoms with Gasteiger partial charge in [0.25, 0.3) is 0 Å². The van der Waals surface area contributed by atoms with Gasteiger partial charge in [0.05, 0.1) is 25.2 Å². The van der Waals surface area contributed by atoms with Gasteiger partial charge in [0.15, 0.2) is 0 Å². The van der Waals surface area contributed by atoms with Crippen LogP contribution in [0.1, 0.15) is 23.7 Å². The van der Waals surface area contributed by atoms with Crippen LogP contribution in [0.5, 0.6) is 5.75 Å². The summed E-state index contributed by atoms with van der Waals surface area (Å²) in [6.45, 7) is 2.34. The number of carbonyl (C=O) groups excluding carboxylic acids is 3. The number of hydrogen-bond donors (Lipinski definition) is 1. The highest BCUT2D eigenvalue weighted by Gasteiger charge is 2.33. The Morgan fingerprint density at radius 3 is 2.39 bits per heavy atom. The number of amides is 2. The Kier molecular flexibility index (Phi) is 5.93. The first-order valence-electron chi connectivity index (χ1n) is 8.98. The smallest absolute Gasteiger partial charge is 0.337 e. The van der Waals surface area contributed by atoms with Crippen LogP contribution in [0.3, 0.4) is 0 Å². The van der Waals surface area contributed by atoms with Crippen LogP contribution in [0.15, 0.2) is 48.5 Å². The molecule has 7 nitrogen and oxygen atoms in total. The molecule has 3 rings (SSSR count). The van der Waals surface area contributed by atoms with E-state index in [1.807, 2.05) is 12.1 Å². The molecule has 2 amide bonds. The number of rotatable bonds is 6. The first kappa shape index (κ1) is 19.4. The van der Waals surface area contributed by atoms with E-state index in [2.05, 4.69) is 10.1 Å². The average Bonchev–Trinajstić information content (AvgIpc) is 3.07. The first-order chi connectivity index (χ1) is 13.5. The van der Waals surface area contributed by atoms with Crippen molar-refractivity contribution in [1.82, 2.24) is 0 Å². The zero-order chi connectivity index (χ0) is 20.1. The summed E-state index contributed by atoms with van der Waals surface area (Å²) >= 11 is 0. The lowest BCUT2D eigenvalue weighted by atomic mass is 10.1. The van der Waals surface area contributed by atoms with Gasteiger partial charge in [-0.1, -0.05) is 0 Å². The molecule has 1 aliphatic rings. The molecule has 1 fully saturated rings. The number of carbonyl (C=O) groups is 3. The highest BCUT2D eigenvalue weighted by molar-refractivity contribution is 5.97. The molecular weight excluding hydrogens is 360 g/mol. The van der Waals surface area contributed by atoms with E-state index in [1.165, 1.54) is 14.0 Å². The van der Waals surface area contributed by atoms with Gasteiger partial charge >= 0.3 is 5.97 Å². The third-order valence-corrected chi connectivity index (χ3v) is 4.54. The fourth-order valence-electron chi connectivity index (χ4n) is 3.08. The lowest BCUT2D eigenvalue weighted by Crippen LogP contribution is -2.29. The molecule has 1 unspecified atom stereocenters. The maximum atomic E-state index is 12.7. The minimum atomic E-state index is -0.405. The standard InChI is InChI=1S/C21H22N2O5/c1-14(24)22-17-5-7-18(8-6-17)23-12-11-16(20(23)25)13-28-19-9-3-15(4-10-19)21(26)27-2/h3-10,16H,11-13H2,1-2H3,(H,22,24). The van der Waals surface area contributed by atoms with Crippen molar-refractivity contribution < 1.29 is 23.9 Å². The lowest BCUT2D eigenvalue weighted by molar-refractivity contribution is -0.121. The molecule has 1 N–H and O–H groups in total. The van der Waals surface area contributed by atoms with Gasteiger partial charge in [0.2, 0.25) is 11.8 Å². The van der Waals surface area contributed by atoms with E-state index >= 15 is 0 Å². The van der Waals surface area contributed by atoms with E-state index in [0.29, 0.717) is 30.0 Å². The molecule has 1 saturated heterocycles. The van der Waals surface area contributed by atoms with Gasteiger partial charge in [0, 0.05) is 24.8 Å². The Hall–Kier alpha value is -3.35. The predicted octanol–water partition coefficient (Wildman–Crippen LogP) is 2.86. The lowest BCUT2D eigenvalue weighted by Gasteiger charge is -2.17. The highest BCUT2D eigenvalue weighted by atomic mass is 16.5. The first-order valence-corrected chi connectivity index (χ1v) is 8.98. The summed E-state index contributed by atoms with van der Waals surface area (Å²) in [6.07, 6.45) is 0.701. The molecule has 1 atom stereocenters. The summed E-state index contributed by atoms with van der Waals surface area (Å²) in [7, 11) is 1.33. The molecule has 0 radical (unpaired) electrons.